The van der Waals surface area contributed by atoms with Crippen molar-refractivity contribution in [2.75, 3.05) is 26.3 Å². The highest BCUT2D eigenvalue weighted by Gasteiger charge is 2.36. The van der Waals surface area contributed by atoms with Crippen LogP contribution >= 0.6 is 0 Å². The van der Waals surface area contributed by atoms with E-state index >= 15 is 0 Å². The lowest BCUT2D eigenvalue weighted by Gasteiger charge is -2.40. The number of hydrogen-bond acceptors (Lipinski definition) is 3. The summed E-state index contributed by atoms with van der Waals surface area (Å²) in [5, 5.41) is 9.05. The summed E-state index contributed by atoms with van der Waals surface area (Å²) in [6, 6.07) is 0. The lowest BCUT2D eigenvalue weighted by atomic mass is 9.81. The first-order chi connectivity index (χ1) is 8.50. The lowest BCUT2D eigenvalue weighted by Crippen LogP contribution is -2.48. The SMILES string of the molecule is CC1(CN2CC(C(=O)O)CCC2=O)CCOCC1. The van der Waals surface area contributed by atoms with E-state index in [-0.39, 0.29) is 11.3 Å². The van der Waals surface area contributed by atoms with Crippen LogP contribution in [0.1, 0.15) is 32.6 Å². The van der Waals surface area contributed by atoms with Gasteiger partial charge in [0, 0.05) is 32.7 Å². The van der Waals surface area contributed by atoms with Gasteiger partial charge in [0.1, 0.15) is 0 Å². The Balaban J connectivity index is 1.97. The minimum atomic E-state index is -0.787. The molecule has 0 spiro atoms. The molecule has 2 fully saturated rings. The summed E-state index contributed by atoms with van der Waals surface area (Å²) in [4.78, 5) is 24.6. The standard InChI is InChI=1S/C13H21NO4/c1-13(4-6-18-7-5-13)9-14-8-10(12(16)17)2-3-11(14)15/h10H,2-9H2,1H3,(H,16,17). The first-order valence-electron chi connectivity index (χ1n) is 6.58. The Kier molecular flexibility index (Phi) is 3.90. The minimum absolute atomic E-state index is 0.0777. The molecule has 2 rings (SSSR count). The maximum absolute atomic E-state index is 11.9. The summed E-state index contributed by atoms with van der Waals surface area (Å²) in [5.41, 5.74) is 0.0777. The zero-order chi connectivity index (χ0) is 13.2. The molecule has 5 nitrogen and oxygen atoms in total. The number of aliphatic carboxylic acids is 1. The number of nitrogens with zero attached hydrogens (tertiary/aromatic N) is 1. The first-order valence-corrected chi connectivity index (χ1v) is 6.58. The molecule has 1 atom stereocenters. The van der Waals surface area contributed by atoms with Crippen molar-refractivity contribution < 1.29 is 19.4 Å². The molecule has 1 amide bonds. The zero-order valence-electron chi connectivity index (χ0n) is 10.9. The van der Waals surface area contributed by atoms with Gasteiger partial charge in [-0.15, -0.1) is 0 Å². The topological polar surface area (TPSA) is 66.8 Å². The lowest BCUT2D eigenvalue weighted by molar-refractivity contribution is -0.148. The van der Waals surface area contributed by atoms with E-state index in [0.717, 1.165) is 26.1 Å². The first kappa shape index (κ1) is 13.3. The Hall–Kier alpha value is -1.10. The predicted molar refractivity (Wildman–Crippen MR) is 65.1 cm³/mol. The molecule has 0 saturated carbocycles. The van der Waals surface area contributed by atoms with Crippen molar-refractivity contribution in [2.45, 2.75) is 32.6 Å². The third-order valence-corrected chi connectivity index (χ3v) is 4.12. The second-order valence-corrected chi connectivity index (χ2v) is 5.77. The minimum Gasteiger partial charge on any atom is -0.481 e. The molecule has 0 aliphatic carbocycles. The van der Waals surface area contributed by atoms with Gasteiger partial charge in [-0.2, -0.15) is 0 Å². The van der Waals surface area contributed by atoms with E-state index in [2.05, 4.69) is 6.92 Å². The molecule has 2 aliphatic rings. The fourth-order valence-electron chi connectivity index (χ4n) is 2.75. The van der Waals surface area contributed by atoms with E-state index < -0.39 is 11.9 Å². The molecule has 102 valence electrons. The number of piperidine rings is 1. The van der Waals surface area contributed by atoms with E-state index in [1.807, 2.05) is 0 Å². The van der Waals surface area contributed by atoms with Gasteiger partial charge in [-0.25, -0.2) is 0 Å². The van der Waals surface area contributed by atoms with Gasteiger partial charge in [0.05, 0.1) is 5.92 Å². The Morgan fingerprint density at radius 2 is 2.17 bits per heavy atom. The maximum atomic E-state index is 11.9. The number of ether oxygens (including phenoxy) is 1. The van der Waals surface area contributed by atoms with Crippen LogP contribution in [0.5, 0.6) is 0 Å². The van der Waals surface area contributed by atoms with E-state index in [9.17, 15) is 9.59 Å². The number of rotatable bonds is 3. The van der Waals surface area contributed by atoms with E-state index in [4.69, 9.17) is 9.84 Å². The van der Waals surface area contributed by atoms with Crippen LogP contribution in [0.4, 0.5) is 0 Å². The van der Waals surface area contributed by atoms with Gasteiger partial charge in [-0.3, -0.25) is 9.59 Å². The van der Waals surface area contributed by atoms with Crippen LogP contribution in [-0.2, 0) is 14.3 Å². The highest BCUT2D eigenvalue weighted by atomic mass is 16.5. The third-order valence-electron chi connectivity index (χ3n) is 4.12. The van der Waals surface area contributed by atoms with Crippen molar-refractivity contribution in [1.82, 2.24) is 4.90 Å². The average Bonchev–Trinajstić information content (AvgIpc) is 2.32. The summed E-state index contributed by atoms with van der Waals surface area (Å²) in [6.45, 7) is 4.67. The Labute approximate surface area is 107 Å². The second kappa shape index (κ2) is 5.26. The second-order valence-electron chi connectivity index (χ2n) is 5.77. The van der Waals surface area contributed by atoms with Gasteiger partial charge < -0.3 is 14.7 Å². The van der Waals surface area contributed by atoms with Crippen molar-refractivity contribution >= 4 is 11.9 Å². The zero-order valence-corrected chi connectivity index (χ0v) is 10.9. The molecule has 5 heteroatoms. The summed E-state index contributed by atoms with van der Waals surface area (Å²) >= 11 is 0. The monoisotopic (exact) mass is 255 g/mol. The highest BCUT2D eigenvalue weighted by molar-refractivity contribution is 5.80. The van der Waals surface area contributed by atoms with Crippen molar-refractivity contribution in [2.24, 2.45) is 11.3 Å². The molecule has 0 aromatic heterocycles. The molecule has 2 saturated heterocycles. The third kappa shape index (κ3) is 3.02. The van der Waals surface area contributed by atoms with Crippen LogP contribution in [0.3, 0.4) is 0 Å². The van der Waals surface area contributed by atoms with Crippen LogP contribution in [0.25, 0.3) is 0 Å². The van der Waals surface area contributed by atoms with E-state index in [0.29, 0.717) is 25.9 Å². The van der Waals surface area contributed by atoms with Gasteiger partial charge in [0.2, 0.25) is 5.91 Å². The largest absolute Gasteiger partial charge is 0.481 e. The molecule has 18 heavy (non-hydrogen) atoms. The van der Waals surface area contributed by atoms with Gasteiger partial charge in [0.15, 0.2) is 0 Å². The summed E-state index contributed by atoms with van der Waals surface area (Å²) < 4.78 is 5.34. The van der Waals surface area contributed by atoms with E-state index in [1.165, 1.54) is 0 Å². The van der Waals surface area contributed by atoms with Crippen molar-refractivity contribution in [3.05, 3.63) is 0 Å². The number of carbonyl (C=O) groups excluding carboxylic acids is 1. The molecule has 2 aliphatic heterocycles. The molecule has 0 aromatic rings. The number of carbonyl (C=O) groups is 2. The molecular weight excluding hydrogens is 234 g/mol. The smallest absolute Gasteiger partial charge is 0.308 e. The van der Waals surface area contributed by atoms with Crippen LogP contribution in [0.15, 0.2) is 0 Å². The summed E-state index contributed by atoms with van der Waals surface area (Å²) in [7, 11) is 0. The number of hydrogen-bond donors (Lipinski definition) is 1. The van der Waals surface area contributed by atoms with Gasteiger partial charge in [0.25, 0.3) is 0 Å². The molecule has 0 radical (unpaired) electrons. The average molecular weight is 255 g/mol. The fourth-order valence-corrected chi connectivity index (χ4v) is 2.75. The molecule has 0 aromatic carbocycles. The van der Waals surface area contributed by atoms with E-state index in [1.54, 1.807) is 4.90 Å². The quantitative estimate of drug-likeness (QED) is 0.821. The number of carboxylic acids is 1. The molecular formula is C13H21NO4. The van der Waals surface area contributed by atoms with Gasteiger partial charge in [-0.1, -0.05) is 6.92 Å². The van der Waals surface area contributed by atoms with Crippen LogP contribution < -0.4 is 0 Å². The van der Waals surface area contributed by atoms with Crippen molar-refractivity contribution in [1.29, 1.82) is 0 Å². The molecule has 1 N–H and O–H groups in total. The van der Waals surface area contributed by atoms with Gasteiger partial charge >= 0.3 is 5.97 Å². The Morgan fingerprint density at radius 3 is 2.78 bits per heavy atom. The van der Waals surface area contributed by atoms with Crippen LogP contribution in [-0.4, -0.2) is 48.2 Å². The Morgan fingerprint density at radius 1 is 1.50 bits per heavy atom. The highest BCUT2D eigenvalue weighted by Crippen LogP contribution is 2.32. The number of likely N-dealkylation sites (tertiary alicyclic amines) is 1. The molecule has 1 unspecified atom stereocenters. The summed E-state index contributed by atoms with van der Waals surface area (Å²) in [5.74, 6) is -1.09. The number of carboxylic acid groups (broad SMARTS) is 1. The van der Waals surface area contributed by atoms with Crippen molar-refractivity contribution in [3.63, 3.8) is 0 Å². The van der Waals surface area contributed by atoms with Crippen LogP contribution in [0, 0.1) is 11.3 Å². The normalized spacial score (nSPS) is 28.2. The molecule has 0 bridgehead atoms. The number of amides is 1. The summed E-state index contributed by atoms with van der Waals surface area (Å²) in [6.07, 6.45) is 2.72. The van der Waals surface area contributed by atoms with Crippen molar-refractivity contribution in [3.8, 4) is 0 Å². The maximum Gasteiger partial charge on any atom is 0.308 e. The predicted octanol–water partition coefficient (Wildman–Crippen LogP) is 1.13. The fraction of sp³-hybridized carbons (Fsp3) is 0.846. The Bertz CT molecular complexity index is 336. The van der Waals surface area contributed by atoms with Crippen LogP contribution in [0.2, 0.25) is 0 Å². The van der Waals surface area contributed by atoms with Gasteiger partial charge in [-0.05, 0) is 24.7 Å². The molecule has 2 heterocycles.